The van der Waals surface area contributed by atoms with Gasteiger partial charge in [-0.1, -0.05) is 54.7 Å². The highest BCUT2D eigenvalue weighted by atomic mass is 32.1. The largest absolute Gasteiger partial charge is 0.495 e. The average molecular weight is 377 g/mol. The van der Waals surface area contributed by atoms with E-state index in [9.17, 15) is 4.79 Å². The normalized spacial score (nSPS) is 19.1. The molecule has 2 aromatic rings. The predicted molar refractivity (Wildman–Crippen MR) is 111 cm³/mol. The number of aliphatic imine (C=N–C) groups is 1. The van der Waals surface area contributed by atoms with Gasteiger partial charge in [0.15, 0.2) is 0 Å². The Bertz CT molecular complexity index is 962. The molecule has 3 rings (SSSR count). The summed E-state index contributed by atoms with van der Waals surface area (Å²) in [6.45, 7) is 1.79. The first-order valence-corrected chi connectivity index (χ1v) is 8.85. The molecule has 27 heavy (non-hydrogen) atoms. The van der Waals surface area contributed by atoms with E-state index in [1.54, 1.807) is 26.2 Å². The number of hydrogen-bond donors (Lipinski definition) is 2. The van der Waals surface area contributed by atoms with Crippen LogP contribution >= 0.6 is 12.2 Å². The van der Waals surface area contributed by atoms with Crippen LogP contribution in [0.25, 0.3) is 0 Å². The number of nitrogens with one attached hydrogen (secondary N) is 2. The number of benzene rings is 2. The van der Waals surface area contributed by atoms with Crippen molar-refractivity contribution in [3.05, 3.63) is 65.7 Å². The first-order chi connectivity index (χ1) is 13.1. The van der Waals surface area contributed by atoms with Crippen LogP contribution < -0.4 is 10.1 Å². The number of ether oxygens (including phenoxy) is 1. The summed E-state index contributed by atoms with van der Waals surface area (Å²) in [6, 6.07) is 16.8. The molecule has 0 aliphatic carbocycles. The summed E-state index contributed by atoms with van der Waals surface area (Å²) in [4.78, 5) is 17.8. The Balaban J connectivity index is 2.04. The van der Waals surface area contributed by atoms with Crippen molar-refractivity contribution < 1.29 is 9.53 Å². The van der Waals surface area contributed by atoms with Crippen LogP contribution in [0, 0.1) is 11.3 Å². The molecule has 6 heteroatoms. The van der Waals surface area contributed by atoms with E-state index >= 15 is 0 Å². The van der Waals surface area contributed by atoms with Crippen LogP contribution in [0.4, 0.5) is 5.69 Å². The molecule has 136 valence electrons. The molecule has 1 aliphatic rings. The number of para-hydroxylation sites is 2. The van der Waals surface area contributed by atoms with Gasteiger partial charge in [-0.3, -0.25) is 10.2 Å². The quantitative estimate of drug-likeness (QED) is 0.480. The van der Waals surface area contributed by atoms with E-state index in [1.165, 1.54) is 0 Å². The number of carbonyl (C=O) groups excluding carboxylic acids is 1. The summed E-state index contributed by atoms with van der Waals surface area (Å²) in [7, 11) is 1.55. The fourth-order valence-electron chi connectivity index (χ4n) is 3.28. The number of methoxy groups -OCH3 is 1. The lowest BCUT2D eigenvalue weighted by molar-refractivity contribution is -0.118. The van der Waals surface area contributed by atoms with E-state index in [0.29, 0.717) is 27.7 Å². The van der Waals surface area contributed by atoms with Crippen LogP contribution in [0.5, 0.6) is 5.75 Å². The van der Waals surface area contributed by atoms with Gasteiger partial charge in [-0.2, -0.15) is 0 Å². The second kappa shape index (κ2) is 8.08. The Morgan fingerprint density at radius 3 is 2.52 bits per heavy atom. The Morgan fingerprint density at radius 2 is 1.85 bits per heavy atom. The summed E-state index contributed by atoms with van der Waals surface area (Å²) in [5.41, 5.74) is 2.53. The molecular formula is C21H19N3O2S. The summed E-state index contributed by atoms with van der Waals surface area (Å²) in [6.07, 6.45) is 0. The lowest BCUT2D eigenvalue weighted by atomic mass is 9.76. The van der Waals surface area contributed by atoms with Crippen molar-refractivity contribution in [1.82, 2.24) is 0 Å². The Hall–Kier alpha value is -3.08. The summed E-state index contributed by atoms with van der Waals surface area (Å²) >= 11 is 5.33. The lowest BCUT2D eigenvalue weighted by Gasteiger charge is -2.31. The van der Waals surface area contributed by atoms with Crippen molar-refractivity contribution in [2.45, 2.75) is 12.8 Å². The molecule has 0 fully saturated rings. The molecule has 0 bridgehead atoms. The zero-order valence-electron chi connectivity index (χ0n) is 15.0. The van der Waals surface area contributed by atoms with Gasteiger partial charge in [0.2, 0.25) is 5.91 Å². The van der Waals surface area contributed by atoms with Gasteiger partial charge < -0.3 is 10.1 Å². The zero-order valence-corrected chi connectivity index (χ0v) is 15.8. The van der Waals surface area contributed by atoms with Gasteiger partial charge in [0, 0.05) is 11.6 Å². The molecule has 1 heterocycles. The Labute approximate surface area is 163 Å². The van der Waals surface area contributed by atoms with Crippen LogP contribution in [-0.4, -0.2) is 29.6 Å². The molecule has 5 nitrogen and oxygen atoms in total. The minimum atomic E-state index is -0.600. The maximum atomic E-state index is 13.2. The molecular weight excluding hydrogens is 358 g/mol. The van der Waals surface area contributed by atoms with Gasteiger partial charge in [-0.05, 0) is 30.5 Å². The molecule has 2 aromatic carbocycles. The van der Waals surface area contributed by atoms with E-state index in [1.807, 2.05) is 42.5 Å². The fraction of sp³-hybridized carbons (Fsp3) is 0.190. The van der Waals surface area contributed by atoms with E-state index < -0.39 is 11.8 Å². The van der Waals surface area contributed by atoms with E-state index in [2.05, 4.69) is 16.2 Å². The standard InChI is InChI=1S/C21H19N3O2S/c1-13-18(20(25)24-16-10-6-7-11-17(16)26-2)19(14-8-4-3-5-9-14)15(12-22)21(27)23-13/h3-11,18-19,22H,1-2H3,(H,24,25)/t18?,19-/m0/s1. The van der Waals surface area contributed by atoms with Crippen LogP contribution in [0.15, 0.2) is 65.2 Å². The number of thiocarbonyl (C=S) groups is 1. The molecule has 0 aromatic heterocycles. The third kappa shape index (κ3) is 3.72. The van der Waals surface area contributed by atoms with Crippen molar-refractivity contribution in [1.29, 1.82) is 5.41 Å². The molecule has 0 saturated carbocycles. The second-order valence-corrected chi connectivity index (χ2v) is 6.54. The summed E-state index contributed by atoms with van der Waals surface area (Å²) in [5.74, 6) is 1.74. The number of anilines is 1. The van der Waals surface area contributed by atoms with Crippen molar-refractivity contribution in [3.63, 3.8) is 0 Å². The van der Waals surface area contributed by atoms with Gasteiger partial charge in [-0.25, -0.2) is 4.99 Å². The van der Waals surface area contributed by atoms with Gasteiger partial charge in [0.1, 0.15) is 10.7 Å². The molecule has 2 N–H and O–H groups in total. The van der Waals surface area contributed by atoms with Crippen molar-refractivity contribution in [2.75, 3.05) is 12.4 Å². The number of nitrogens with zero attached hydrogens (tertiary/aromatic N) is 1. The number of carbonyl (C=O) groups is 1. The monoisotopic (exact) mass is 377 g/mol. The molecule has 2 atom stereocenters. The van der Waals surface area contributed by atoms with Crippen LogP contribution in [0.1, 0.15) is 18.4 Å². The van der Waals surface area contributed by atoms with Crippen LogP contribution in [0.3, 0.4) is 0 Å². The van der Waals surface area contributed by atoms with Gasteiger partial charge >= 0.3 is 0 Å². The average Bonchev–Trinajstić information content (AvgIpc) is 2.68. The number of hydrogen-bond acceptors (Lipinski definition) is 4. The van der Waals surface area contributed by atoms with Gasteiger partial charge in [0.05, 0.1) is 24.3 Å². The van der Waals surface area contributed by atoms with Gasteiger partial charge in [-0.15, -0.1) is 0 Å². The molecule has 1 amide bonds. The van der Waals surface area contributed by atoms with Gasteiger partial charge in [0.25, 0.3) is 0 Å². The zero-order chi connectivity index (χ0) is 19.4. The number of rotatable bonds is 4. The Kier molecular flexibility index (Phi) is 5.60. The maximum absolute atomic E-state index is 13.2. The molecule has 0 spiro atoms. The molecule has 1 aliphatic heterocycles. The Morgan fingerprint density at radius 1 is 1.19 bits per heavy atom. The fourth-order valence-corrected chi connectivity index (χ4v) is 3.60. The first-order valence-electron chi connectivity index (χ1n) is 8.44. The highest BCUT2D eigenvalue weighted by molar-refractivity contribution is 7.80. The highest BCUT2D eigenvalue weighted by Crippen LogP contribution is 2.37. The molecule has 0 saturated heterocycles. The van der Waals surface area contributed by atoms with E-state index in [0.717, 1.165) is 5.56 Å². The highest BCUT2D eigenvalue weighted by Gasteiger charge is 2.39. The lowest BCUT2D eigenvalue weighted by Crippen LogP contribution is -2.38. The minimum Gasteiger partial charge on any atom is -0.495 e. The second-order valence-electron chi connectivity index (χ2n) is 6.15. The molecule has 0 radical (unpaired) electrons. The van der Waals surface area contributed by atoms with Crippen molar-refractivity contribution in [3.8, 4) is 5.75 Å². The third-order valence-electron chi connectivity index (χ3n) is 4.54. The van der Waals surface area contributed by atoms with Crippen LogP contribution in [0.2, 0.25) is 0 Å². The summed E-state index contributed by atoms with van der Waals surface area (Å²) < 4.78 is 5.32. The van der Waals surface area contributed by atoms with E-state index in [-0.39, 0.29) is 5.91 Å². The van der Waals surface area contributed by atoms with E-state index in [4.69, 9.17) is 22.4 Å². The smallest absolute Gasteiger partial charge is 0.234 e. The topological polar surface area (TPSA) is 74.5 Å². The first kappa shape index (κ1) is 18.7. The third-order valence-corrected chi connectivity index (χ3v) is 4.85. The van der Waals surface area contributed by atoms with Crippen molar-refractivity contribution >= 4 is 40.4 Å². The molecule has 1 unspecified atom stereocenters. The minimum absolute atomic E-state index is 0.232. The van der Waals surface area contributed by atoms with Crippen LogP contribution in [-0.2, 0) is 4.79 Å². The number of amides is 1. The van der Waals surface area contributed by atoms with Crippen molar-refractivity contribution in [2.24, 2.45) is 10.9 Å². The maximum Gasteiger partial charge on any atom is 0.234 e. The SMILES string of the molecule is COc1ccccc1NC(=O)C1C(C)=NC(=S)C(=C=N)[C@@H]1c1ccccc1. The summed E-state index contributed by atoms with van der Waals surface area (Å²) in [5, 5.41) is 10.6. The predicted octanol–water partition coefficient (Wildman–Crippen LogP) is 4.01.